The fraction of sp³-hybridized carbons (Fsp3) is 0.167. The molecule has 0 bridgehead atoms. The fourth-order valence-corrected chi connectivity index (χ4v) is 3.29. The van der Waals surface area contributed by atoms with Crippen molar-refractivity contribution in [2.75, 3.05) is 18.4 Å². The minimum absolute atomic E-state index is 0.214. The molecular formula is C24H25N3O2. The molecule has 0 aliphatic heterocycles. The van der Waals surface area contributed by atoms with E-state index in [9.17, 15) is 9.59 Å². The Balaban J connectivity index is 1.98. The fourth-order valence-electron chi connectivity index (χ4n) is 3.29. The summed E-state index contributed by atoms with van der Waals surface area (Å²) in [5, 5.41) is 5.72. The smallest absolute Gasteiger partial charge is 0.253 e. The topological polar surface area (TPSA) is 84.2 Å². The lowest BCUT2D eigenvalue weighted by atomic mass is 9.75. The van der Waals surface area contributed by atoms with Crippen LogP contribution < -0.4 is 16.4 Å². The maximum absolute atomic E-state index is 13.6. The molecule has 29 heavy (non-hydrogen) atoms. The number of para-hydroxylation sites is 1. The van der Waals surface area contributed by atoms with Crippen molar-refractivity contribution in [1.82, 2.24) is 5.32 Å². The van der Waals surface area contributed by atoms with E-state index in [0.717, 1.165) is 11.1 Å². The summed E-state index contributed by atoms with van der Waals surface area (Å²) in [6.07, 6.45) is 0. The number of benzene rings is 3. The van der Waals surface area contributed by atoms with Crippen molar-refractivity contribution in [1.29, 1.82) is 0 Å². The molecule has 3 aromatic carbocycles. The Hall–Kier alpha value is -3.44. The summed E-state index contributed by atoms with van der Waals surface area (Å²) >= 11 is 0. The standard InChI is InChI=1S/C24H25N3O2/c1-24(18-10-4-2-5-11-18,19-12-6-3-7-13-19)23(29)27-21-15-9-8-14-20(21)22(28)26-17-16-25/h2-15H,16-17,25H2,1H3,(H,26,28)(H,27,29). The van der Waals surface area contributed by atoms with Gasteiger partial charge in [-0.25, -0.2) is 0 Å². The highest BCUT2D eigenvalue weighted by Crippen LogP contribution is 2.33. The summed E-state index contributed by atoms with van der Waals surface area (Å²) in [6.45, 7) is 2.61. The molecule has 148 valence electrons. The zero-order valence-electron chi connectivity index (χ0n) is 16.4. The van der Waals surface area contributed by atoms with Gasteiger partial charge in [0, 0.05) is 13.1 Å². The Labute approximate surface area is 170 Å². The summed E-state index contributed by atoms with van der Waals surface area (Å²) in [5.41, 5.74) is 7.15. The first-order chi connectivity index (χ1) is 14.1. The number of nitrogens with one attached hydrogen (secondary N) is 2. The Morgan fingerprint density at radius 3 is 1.90 bits per heavy atom. The minimum atomic E-state index is -0.927. The molecule has 3 rings (SSSR count). The molecule has 0 saturated heterocycles. The number of anilines is 1. The van der Waals surface area contributed by atoms with E-state index in [4.69, 9.17) is 5.73 Å². The molecule has 4 N–H and O–H groups in total. The average Bonchev–Trinajstić information content (AvgIpc) is 2.78. The second-order valence-corrected chi connectivity index (χ2v) is 6.90. The summed E-state index contributed by atoms with van der Waals surface area (Å²) in [4.78, 5) is 26.0. The largest absolute Gasteiger partial charge is 0.351 e. The van der Waals surface area contributed by atoms with E-state index in [2.05, 4.69) is 10.6 Å². The number of nitrogens with two attached hydrogens (primary N) is 1. The second kappa shape index (κ2) is 9.17. The normalized spacial score (nSPS) is 11.0. The van der Waals surface area contributed by atoms with Gasteiger partial charge in [0.1, 0.15) is 0 Å². The van der Waals surface area contributed by atoms with Gasteiger partial charge in [0.2, 0.25) is 5.91 Å². The Kier molecular flexibility index (Phi) is 6.42. The van der Waals surface area contributed by atoms with Crippen LogP contribution >= 0.6 is 0 Å². The van der Waals surface area contributed by atoms with Crippen molar-refractivity contribution in [3.05, 3.63) is 102 Å². The molecule has 0 aliphatic carbocycles. The zero-order valence-corrected chi connectivity index (χ0v) is 16.4. The SMILES string of the molecule is CC(C(=O)Nc1ccccc1C(=O)NCCN)(c1ccccc1)c1ccccc1. The third-order valence-electron chi connectivity index (χ3n) is 5.01. The van der Waals surface area contributed by atoms with Crippen LogP contribution in [0.5, 0.6) is 0 Å². The van der Waals surface area contributed by atoms with Gasteiger partial charge in [-0.2, -0.15) is 0 Å². The summed E-state index contributed by atoms with van der Waals surface area (Å²) in [6, 6.07) is 26.2. The predicted octanol–water partition coefficient (Wildman–Crippen LogP) is 3.32. The van der Waals surface area contributed by atoms with Crippen molar-refractivity contribution in [3.63, 3.8) is 0 Å². The molecule has 0 fully saturated rings. The first-order valence-electron chi connectivity index (χ1n) is 9.57. The monoisotopic (exact) mass is 387 g/mol. The molecule has 3 aromatic rings. The van der Waals surface area contributed by atoms with Crippen LogP contribution in [0.1, 0.15) is 28.4 Å². The number of rotatable bonds is 7. The van der Waals surface area contributed by atoms with Gasteiger partial charge in [0.05, 0.1) is 16.7 Å². The average molecular weight is 387 g/mol. The van der Waals surface area contributed by atoms with Crippen LogP contribution in [0.3, 0.4) is 0 Å². The van der Waals surface area contributed by atoms with Crippen molar-refractivity contribution in [2.24, 2.45) is 5.73 Å². The van der Waals surface area contributed by atoms with Gasteiger partial charge in [-0.15, -0.1) is 0 Å². The van der Waals surface area contributed by atoms with Crippen LogP contribution in [0.2, 0.25) is 0 Å². The third-order valence-corrected chi connectivity index (χ3v) is 5.01. The first-order valence-corrected chi connectivity index (χ1v) is 9.57. The molecule has 0 spiro atoms. The van der Waals surface area contributed by atoms with Gasteiger partial charge in [-0.05, 0) is 30.2 Å². The number of hydrogen-bond acceptors (Lipinski definition) is 3. The maximum Gasteiger partial charge on any atom is 0.253 e. The molecule has 0 saturated carbocycles. The van der Waals surface area contributed by atoms with Gasteiger partial charge in [0.15, 0.2) is 0 Å². The molecule has 2 amide bonds. The van der Waals surface area contributed by atoms with Crippen LogP contribution in [0.4, 0.5) is 5.69 Å². The number of carbonyl (C=O) groups excluding carboxylic acids is 2. The van der Waals surface area contributed by atoms with E-state index >= 15 is 0 Å². The van der Waals surface area contributed by atoms with E-state index in [1.54, 1.807) is 24.3 Å². The Morgan fingerprint density at radius 1 is 0.828 bits per heavy atom. The molecular weight excluding hydrogens is 362 g/mol. The van der Waals surface area contributed by atoms with Crippen LogP contribution in [-0.4, -0.2) is 24.9 Å². The van der Waals surface area contributed by atoms with Crippen molar-refractivity contribution in [3.8, 4) is 0 Å². The zero-order chi connectivity index (χ0) is 20.7. The van der Waals surface area contributed by atoms with E-state index < -0.39 is 5.41 Å². The van der Waals surface area contributed by atoms with Crippen molar-refractivity contribution in [2.45, 2.75) is 12.3 Å². The van der Waals surface area contributed by atoms with Crippen molar-refractivity contribution < 1.29 is 9.59 Å². The molecule has 5 heteroatoms. The van der Waals surface area contributed by atoms with Gasteiger partial charge >= 0.3 is 0 Å². The summed E-state index contributed by atoms with van der Waals surface area (Å²) in [5.74, 6) is -0.485. The summed E-state index contributed by atoms with van der Waals surface area (Å²) < 4.78 is 0. The maximum atomic E-state index is 13.6. The number of hydrogen-bond donors (Lipinski definition) is 3. The Bertz CT molecular complexity index is 932. The molecule has 0 heterocycles. The molecule has 0 unspecified atom stereocenters. The van der Waals surface area contributed by atoms with E-state index in [0.29, 0.717) is 24.3 Å². The van der Waals surface area contributed by atoms with Crippen LogP contribution in [0.15, 0.2) is 84.9 Å². The van der Waals surface area contributed by atoms with E-state index in [1.165, 1.54) is 0 Å². The number of carbonyl (C=O) groups is 2. The Morgan fingerprint density at radius 2 is 1.34 bits per heavy atom. The van der Waals surface area contributed by atoms with Gasteiger partial charge in [0.25, 0.3) is 5.91 Å². The van der Waals surface area contributed by atoms with Crippen LogP contribution in [0.25, 0.3) is 0 Å². The highest BCUT2D eigenvalue weighted by Gasteiger charge is 2.37. The van der Waals surface area contributed by atoms with Crippen molar-refractivity contribution >= 4 is 17.5 Å². The van der Waals surface area contributed by atoms with Gasteiger partial charge < -0.3 is 16.4 Å². The van der Waals surface area contributed by atoms with E-state index in [-0.39, 0.29) is 11.8 Å². The van der Waals surface area contributed by atoms with Crippen LogP contribution in [0, 0.1) is 0 Å². The van der Waals surface area contributed by atoms with Gasteiger partial charge in [-0.1, -0.05) is 72.8 Å². The lowest BCUT2D eigenvalue weighted by Gasteiger charge is -2.30. The minimum Gasteiger partial charge on any atom is -0.351 e. The molecule has 0 radical (unpaired) electrons. The molecule has 5 nitrogen and oxygen atoms in total. The lowest BCUT2D eigenvalue weighted by Crippen LogP contribution is -2.39. The lowest BCUT2D eigenvalue weighted by molar-refractivity contribution is -0.119. The predicted molar refractivity (Wildman–Crippen MR) is 116 cm³/mol. The first kappa shape index (κ1) is 20.3. The number of amides is 2. The van der Waals surface area contributed by atoms with E-state index in [1.807, 2.05) is 67.6 Å². The molecule has 0 atom stereocenters. The second-order valence-electron chi connectivity index (χ2n) is 6.90. The highest BCUT2D eigenvalue weighted by atomic mass is 16.2. The highest BCUT2D eigenvalue weighted by molar-refractivity contribution is 6.07. The quantitative estimate of drug-likeness (QED) is 0.581. The van der Waals surface area contributed by atoms with Gasteiger partial charge in [-0.3, -0.25) is 9.59 Å². The molecule has 0 aliphatic rings. The van der Waals surface area contributed by atoms with Crippen LogP contribution in [-0.2, 0) is 10.2 Å². The third kappa shape index (κ3) is 4.36. The molecule has 0 aromatic heterocycles. The summed E-state index contributed by atoms with van der Waals surface area (Å²) in [7, 11) is 0.